The van der Waals surface area contributed by atoms with Gasteiger partial charge in [-0.15, -0.1) is 0 Å². The van der Waals surface area contributed by atoms with Crippen LogP contribution in [0.4, 0.5) is 0 Å². The minimum atomic E-state index is -0.206. The second-order valence-electron chi connectivity index (χ2n) is 11.7. The fraction of sp³-hybridized carbons (Fsp3) is 0.459. The number of carbonyl (C=O) groups excluding carboxylic acids is 2. The van der Waals surface area contributed by atoms with Gasteiger partial charge in [0.05, 0.1) is 13.0 Å². The number of nitrogens with zero attached hydrogens (tertiary/aromatic N) is 1. The fourth-order valence-electron chi connectivity index (χ4n) is 6.23. The van der Waals surface area contributed by atoms with Crippen LogP contribution in [0.25, 0.3) is 11.1 Å². The van der Waals surface area contributed by atoms with E-state index in [1.165, 1.54) is 11.1 Å². The molecule has 0 spiro atoms. The van der Waals surface area contributed by atoms with Gasteiger partial charge in [0.25, 0.3) is 5.91 Å². The minimum absolute atomic E-state index is 0.00849. The maximum Gasteiger partial charge on any atom is 0.306 e. The van der Waals surface area contributed by atoms with E-state index in [-0.39, 0.29) is 23.3 Å². The molecular formula is C37H48N2O3. The number of rotatable bonds is 14. The number of aryl methyl sites for hydroxylation is 1. The van der Waals surface area contributed by atoms with Gasteiger partial charge in [0.2, 0.25) is 0 Å². The van der Waals surface area contributed by atoms with Gasteiger partial charge in [-0.1, -0.05) is 93.6 Å². The van der Waals surface area contributed by atoms with Gasteiger partial charge in [0.15, 0.2) is 0 Å². The zero-order valence-corrected chi connectivity index (χ0v) is 25.7. The lowest BCUT2D eigenvalue weighted by molar-refractivity contribution is -0.145. The average molecular weight is 569 g/mol. The highest BCUT2D eigenvalue weighted by molar-refractivity contribution is 6.01. The fourth-order valence-corrected chi connectivity index (χ4v) is 6.23. The lowest BCUT2D eigenvalue weighted by Gasteiger charge is -2.35. The molecule has 1 saturated heterocycles. The van der Waals surface area contributed by atoms with Crippen molar-refractivity contribution in [2.45, 2.75) is 83.6 Å². The Labute approximate surface area is 252 Å². The number of nitrogens with one attached hydrogen (secondary N) is 1. The van der Waals surface area contributed by atoms with Crippen molar-refractivity contribution in [3.63, 3.8) is 0 Å². The van der Waals surface area contributed by atoms with Gasteiger partial charge in [-0.2, -0.15) is 0 Å². The highest BCUT2D eigenvalue weighted by Gasteiger charge is 2.33. The molecule has 42 heavy (non-hydrogen) atoms. The number of esters is 1. The molecule has 1 N–H and O–H groups in total. The SMILES string of the molecule is CCCOC(=O)CC(CC)(CCCN1CCC(NC(=O)c2ccccc2-c2ccc(CC)cc2)CC1)c1ccccc1. The van der Waals surface area contributed by atoms with Crippen LogP contribution in [0.1, 0.15) is 87.2 Å². The first-order valence-electron chi connectivity index (χ1n) is 15.9. The molecule has 0 bridgehead atoms. The van der Waals surface area contributed by atoms with Crippen LogP contribution in [0.5, 0.6) is 0 Å². The minimum Gasteiger partial charge on any atom is -0.466 e. The third kappa shape index (κ3) is 8.32. The standard InChI is InChI=1S/C37H48N2O3/c1-4-27-42-35(40)28-37(6-3,31-13-8-7-9-14-31)23-12-24-39-25-21-32(22-26-39)38-36(41)34-16-11-10-15-33(34)30-19-17-29(5-2)18-20-30/h7-11,13-20,32H,4-6,12,21-28H2,1-3H3,(H,38,41). The monoisotopic (exact) mass is 568 g/mol. The van der Waals surface area contributed by atoms with E-state index < -0.39 is 0 Å². The Morgan fingerprint density at radius 3 is 2.26 bits per heavy atom. The van der Waals surface area contributed by atoms with Crippen LogP contribution in [0.2, 0.25) is 0 Å². The number of amides is 1. The van der Waals surface area contributed by atoms with Gasteiger partial charge in [0.1, 0.15) is 0 Å². The number of hydrogen-bond donors (Lipinski definition) is 1. The lowest BCUT2D eigenvalue weighted by Crippen LogP contribution is -2.45. The molecule has 3 aromatic rings. The summed E-state index contributed by atoms with van der Waals surface area (Å²) >= 11 is 0. The van der Waals surface area contributed by atoms with Crippen LogP contribution in [0.15, 0.2) is 78.9 Å². The quantitative estimate of drug-likeness (QED) is 0.204. The molecular weight excluding hydrogens is 520 g/mol. The Balaban J connectivity index is 1.30. The van der Waals surface area contributed by atoms with Crippen LogP contribution in [-0.4, -0.2) is 49.1 Å². The number of piperidine rings is 1. The largest absolute Gasteiger partial charge is 0.466 e. The molecule has 0 radical (unpaired) electrons. The van der Waals surface area contributed by atoms with E-state index in [0.29, 0.717) is 13.0 Å². The molecule has 1 atom stereocenters. The third-order valence-electron chi connectivity index (χ3n) is 8.91. The zero-order chi connectivity index (χ0) is 29.8. The summed E-state index contributed by atoms with van der Waals surface area (Å²) in [5.41, 5.74) is 5.10. The predicted octanol–water partition coefficient (Wildman–Crippen LogP) is 7.58. The highest BCUT2D eigenvalue weighted by Crippen LogP contribution is 2.37. The number of likely N-dealkylation sites (tertiary alicyclic amines) is 1. The summed E-state index contributed by atoms with van der Waals surface area (Å²) in [6, 6.07) is 27.1. The maximum absolute atomic E-state index is 13.4. The second kappa shape index (κ2) is 15.7. The summed E-state index contributed by atoms with van der Waals surface area (Å²) in [7, 11) is 0. The molecule has 0 aliphatic carbocycles. The Hall–Kier alpha value is -3.44. The Bertz CT molecular complexity index is 1270. The van der Waals surface area contributed by atoms with E-state index >= 15 is 0 Å². The first kappa shape index (κ1) is 31.5. The van der Waals surface area contributed by atoms with Crippen molar-refractivity contribution >= 4 is 11.9 Å². The number of hydrogen-bond acceptors (Lipinski definition) is 4. The number of benzene rings is 3. The zero-order valence-electron chi connectivity index (χ0n) is 25.7. The van der Waals surface area contributed by atoms with Crippen LogP contribution < -0.4 is 5.32 Å². The molecule has 0 aromatic heterocycles. The van der Waals surface area contributed by atoms with Crippen molar-refractivity contribution in [1.29, 1.82) is 0 Å². The predicted molar refractivity (Wildman–Crippen MR) is 172 cm³/mol. The molecule has 3 aromatic carbocycles. The smallest absolute Gasteiger partial charge is 0.306 e. The normalized spacial score (nSPS) is 15.6. The van der Waals surface area contributed by atoms with Crippen molar-refractivity contribution in [3.8, 4) is 11.1 Å². The summed E-state index contributed by atoms with van der Waals surface area (Å²) in [6.07, 6.45) is 7.02. The summed E-state index contributed by atoms with van der Waals surface area (Å²) in [5.74, 6) is -0.0900. The van der Waals surface area contributed by atoms with Crippen molar-refractivity contribution in [2.75, 3.05) is 26.2 Å². The first-order chi connectivity index (χ1) is 20.5. The molecule has 224 valence electrons. The van der Waals surface area contributed by atoms with Crippen LogP contribution in [0, 0.1) is 0 Å². The molecule has 1 heterocycles. The van der Waals surface area contributed by atoms with Gasteiger partial charge in [-0.25, -0.2) is 0 Å². The second-order valence-corrected chi connectivity index (χ2v) is 11.7. The Kier molecular flexibility index (Phi) is 11.8. The lowest BCUT2D eigenvalue weighted by atomic mass is 9.72. The van der Waals surface area contributed by atoms with E-state index in [9.17, 15) is 9.59 Å². The summed E-state index contributed by atoms with van der Waals surface area (Å²) in [5, 5.41) is 3.32. The van der Waals surface area contributed by atoms with Crippen LogP contribution in [0.3, 0.4) is 0 Å². The summed E-state index contributed by atoms with van der Waals surface area (Å²) < 4.78 is 5.50. The third-order valence-corrected chi connectivity index (χ3v) is 8.91. The molecule has 0 saturated carbocycles. The summed E-state index contributed by atoms with van der Waals surface area (Å²) in [6.45, 7) is 9.77. The molecule has 1 aliphatic rings. The molecule has 1 aliphatic heterocycles. The van der Waals surface area contributed by atoms with Crippen molar-refractivity contribution in [3.05, 3.63) is 95.6 Å². The number of ether oxygens (including phenoxy) is 1. The van der Waals surface area contributed by atoms with Crippen molar-refractivity contribution < 1.29 is 14.3 Å². The molecule has 5 nitrogen and oxygen atoms in total. The van der Waals surface area contributed by atoms with Gasteiger partial charge < -0.3 is 15.0 Å². The van der Waals surface area contributed by atoms with E-state index in [0.717, 1.165) is 81.3 Å². The van der Waals surface area contributed by atoms with Crippen LogP contribution >= 0.6 is 0 Å². The van der Waals surface area contributed by atoms with Gasteiger partial charge in [-0.3, -0.25) is 9.59 Å². The first-order valence-corrected chi connectivity index (χ1v) is 15.9. The topological polar surface area (TPSA) is 58.6 Å². The van der Waals surface area contributed by atoms with Gasteiger partial charge in [0, 0.05) is 30.1 Å². The van der Waals surface area contributed by atoms with E-state index in [1.54, 1.807) is 0 Å². The Morgan fingerprint density at radius 1 is 0.905 bits per heavy atom. The van der Waals surface area contributed by atoms with Crippen molar-refractivity contribution in [1.82, 2.24) is 10.2 Å². The molecule has 4 rings (SSSR count). The van der Waals surface area contributed by atoms with Crippen molar-refractivity contribution in [2.24, 2.45) is 0 Å². The Morgan fingerprint density at radius 2 is 1.60 bits per heavy atom. The highest BCUT2D eigenvalue weighted by atomic mass is 16.5. The van der Waals surface area contributed by atoms with E-state index in [1.807, 2.05) is 37.3 Å². The molecule has 5 heteroatoms. The van der Waals surface area contributed by atoms with E-state index in [4.69, 9.17) is 4.74 Å². The summed E-state index contributed by atoms with van der Waals surface area (Å²) in [4.78, 5) is 28.6. The average Bonchev–Trinajstić information content (AvgIpc) is 3.04. The molecule has 1 unspecified atom stereocenters. The van der Waals surface area contributed by atoms with Gasteiger partial charge in [-0.05, 0) is 79.8 Å². The van der Waals surface area contributed by atoms with Gasteiger partial charge >= 0.3 is 5.97 Å². The van der Waals surface area contributed by atoms with Crippen LogP contribution in [-0.2, 0) is 21.4 Å². The maximum atomic E-state index is 13.4. The number of carbonyl (C=O) groups is 2. The molecule has 1 fully saturated rings. The van der Waals surface area contributed by atoms with E-state index in [2.05, 4.69) is 72.6 Å². The molecule has 1 amide bonds.